The van der Waals surface area contributed by atoms with Crippen molar-refractivity contribution in [2.45, 2.75) is 13.0 Å². The van der Waals surface area contributed by atoms with Gasteiger partial charge >= 0.3 is 0 Å². The van der Waals surface area contributed by atoms with Crippen molar-refractivity contribution in [3.8, 4) is 28.7 Å². The zero-order chi connectivity index (χ0) is 34.6. The summed E-state index contributed by atoms with van der Waals surface area (Å²) in [6.07, 6.45) is 6.45. The first kappa shape index (κ1) is 31.9. The van der Waals surface area contributed by atoms with Crippen LogP contribution in [0.5, 0.6) is 11.5 Å². The number of nitrogens with one attached hydrogen (secondary N) is 2. The Bertz CT molecular complexity index is 2230. The molecule has 2 N–H and O–H groups in total. The number of pyridine rings is 1. The third kappa shape index (κ3) is 6.93. The van der Waals surface area contributed by atoms with Crippen molar-refractivity contribution in [2.75, 3.05) is 55.1 Å². The second kappa shape index (κ2) is 14.3. The fraction of sp³-hybridized carbons (Fsp3) is 0.195. The van der Waals surface area contributed by atoms with Gasteiger partial charge in [0.05, 0.1) is 72.3 Å². The summed E-state index contributed by atoms with van der Waals surface area (Å²) in [6, 6.07) is 31.4. The summed E-state index contributed by atoms with van der Waals surface area (Å²) >= 11 is 0. The monoisotopic (exact) mass is 676 g/mol. The lowest BCUT2D eigenvalue weighted by molar-refractivity contribution is 0.102. The number of rotatable bonds is 10. The summed E-state index contributed by atoms with van der Waals surface area (Å²) in [4.78, 5) is 20.1. The van der Waals surface area contributed by atoms with Crippen molar-refractivity contribution in [3.05, 3.63) is 126 Å². The zero-order valence-electron chi connectivity index (χ0n) is 28.0. The third-order valence-corrected chi connectivity index (χ3v) is 9.32. The van der Waals surface area contributed by atoms with Gasteiger partial charge in [-0.3, -0.25) is 9.78 Å². The quantitative estimate of drug-likeness (QED) is 0.154. The molecule has 2 aliphatic rings. The molecule has 0 unspecified atom stereocenters. The Morgan fingerprint density at radius 2 is 1.59 bits per heavy atom. The highest BCUT2D eigenvalue weighted by Gasteiger charge is 2.21. The summed E-state index contributed by atoms with van der Waals surface area (Å²) in [6.45, 7) is 4.89. The molecule has 2 aromatic heterocycles. The summed E-state index contributed by atoms with van der Waals surface area (Å²) < 4.78 is 19.6. The molecule has 6 aromatic rings. The number of benzene rings is 4. The van der Waals surface area contributed by atoms with Gasteiger partial charge in [0.1, 0.15) is 18.1 Å². The van der Waals surface area contributed by atoms with Crippen LogP contribution in [0.2, 0.25) is 0 Å². The molecule has 0 radical (unpaired) electrons. The first-order valence-electron chi connectivity index (χ1n) is 17.1. The van der Waals surface area contributed by atoms with Gasteiger partial charge < -0.3 is 34.3 Å². The van der Waals surface area contributed by atoms with Crippen LogP contribution < -0.4 is 25.0 Å². The summed E-state index contributed by atoms with van der Waals surface area (Å²) in [5.74, 6) is 1.38. The number of nitriles is 1. The van der Waals surface area contributed by atoms with Crippen LogP contribution in [-0.2, 0) is 17.7 Å². The Kier molecular flexibility index (Phi) is 8.94. The SMILES string of the molecule is N#Cc1ccc(OCCn2cc(-c3ccc4c(c3)Nc3ccc(CCOc5ccc(N6CCOCC6)cc5)cc3NC4=O)c3ccncc32)cc1. The fourth-order valence-corrected chi connectivity index (χ4v) is 6.61. The van der Waals surface area contributed by atoms with Crippen molar-refractivity contribution >= 4 is 39.6 Å². The van der Waals surface area contributed by atoms with Crippen molar-refractivity contribution < 1.29 is 19.0 Å². The smallest absolute Gasteiger partial charge is 0.257 e. The normalized spacial score (nSPS) is 13.7. The Hall–Kier alpha value is -6.31. The van der Waals surface area contributed by atoms with Crippen molar-refractivity contribution in [3.63, 3.8) is 0 Å². The lowest BCUT2D eigenvalue weighted by atomic mass is 10.0. The molecule has 10 nitrogen and oxygen atoms in total. The molecule has 8 rings (SSSR count). The molecule has 4 aromatic carbocycles. The van der Waals surface area contributed by atoms with E-state index < -0.39 is 0 Å². The van der Waals surface area contributed by atoms with Gasteiger partial charge in [0.25, 0.3) is 5.91 Å². The maximum atomic E-state index is 13.4. The van der Waals surface area contributed by atoms with Crippen LogP contribution in [0.15, 0.2) is 110 Å². The molecular formula is C41H36N6O4. The number of carbonyl (C=O) groups excluding carboxylic acids is 1. The summed E-state index contributed by atoms with van der Waals surface area (Å²) in [5.41, 5.74) is 8.71. The molecule has 1 fully saturated rings. The zero-order valence-corrected chi connectivity index (χ0v) is 28.0. The van der Waals surface area contributed by atoms with Gasteiger partial charge in [0, 0.05) is 48.5 Å². The number of nitrogens with zero attached hydrogens (tertiary/aromatic N) is 4. The maximum absolute atomic E-state index is 13.4. The number of anilines is 4. The average molecular weight is 677 g/mol. The summed E-state index contributed by atoms with van der Waals surface area (Å²) in [7, 11) is 0. The van der Waals surface area contributed by atoms with Crippen molar-refractivity contribution in [2.24, 2.45) is 0 Å². The first-order chi connectivity index (χ1) is 25.1. The maximum Gasteiger partial charge on any atom is 0.257 e. The van der Waals surface area contributed by atoms with Crippen molar-refractivity contribution in [1.82, 2.24) is 9.55 Å². The van der Waals surface area contributed by atoms with Gasteiger partial charge in [-0.25, -0.2) is 0 Å². The van der Waals surface area contributed by atoms with Crippen LogP contribution in [0.4, 0.5) is 22.7 Å². The number of hydrogen-bond acceptors (Lipinski definition) is 8. The highest BCUT2D eigenvalue weighted by Crippen LogP contribution is 2.37. The largest absolute Gasteiger partial charge is 0.493 e. The number of hydrogen-bond donors (Lipinski definition) is 2. The van der Waals surface area contributed by atoms with Gasteiger partial charge in [0.2, 0.25) is 0 Å². The lowest BCUT2D eigenvalue weighted by Crippen LogP contribution is -2.36. The first-order valence-corrected chi connectivity index (χ1v) is 17.1. The molecule has 4 heterocycles. The van der Waals surface area contributed by atoms with Crippen LogP contribution in [0, 0.1) is 11.3 Å². The molecule has 2 aliphatic heterocycles. The minimum atomic E-state index is -0.164. The molecule has 0 aliphatic carbocycles. The number of aromatic nitrogens is 2. The van der Waals surface area contributed by atoms with E-state index in [2.05, 4.69) is 55.5 Å². The van der Waals surface area contributed by atoms with Crippen LogP contribution >= 0.6 is 0 Å². The van der Waals surface area contributed by atoms with Gasteiger partial charge in [-0.1, -0.05) is 12.1 Å². The fourth-order valence-electron chi connectivity index (χ4n) is 6.61. The Balaban J connectivity index is 0.950. The van der Waals surface area contributed by atoms with Crippen LogP contribution in [0.25, 0.3) is 22.0 Å². The second-order valence-electron chi connectivity index (χ2n) is 12.5. The van der Waals surface area contributed by atoms with Crippen LogP contribution in [-0.4, -0.2) is 55.0 Å². The topological polar surface area (TPSA) is 114 Å². The van der Waals surface area contributed by atoms with Crippen LogP contribution in [0.1, 0.15) is 21.5 Å². The number of ether oxygens (including phenoxy) is 3. The van der Waals surface area contributed by atoms with E-state index in [1.165, 1.54) is 5.69 Å². The highest BCUT2D eigenvalue weighted by atomic mass is 16.5. The lowest BCUT2D eigenvalue weighted by Gasteiger charge is -2.28. The number of fused-ring (bicyclic) bond motifs is 3. The van der Waals surface area contributed by atoms with E-state index in [1.807, 2.05) is 54.7 Å². The minimum absolute atomic E-state index is 0.164. The van der Waals surface area contributed by atoms with E-state index in [4.69, 9.17) is 19.5 Å². The molecule has 1 amide bonds. The van der Waals surface area contributed by atoms with Gasteiger partial charge in [-0.05, 0) is 90.0 Å². The molecular weight excluding hydrogens is 640 g/mol. The molecule has 0 saturated carbocycles. The van der Waals surface area contributed by atoms with Crippen LogP contribution in [0.3, 0.4) is 0 Å². The van der Waals surface area contributed by atoms with E-state index in [9.17, 15) is 4.79 Å². The molecule has 0 atom stereocenters. The standard InChI is InChI=1S/C41H36N6O4/c42-25-29-1-7-32(8-2-29)51-22-18-47-27-36(34-13-15-43-26-40(34)47)30-4-11-35-38(24-30)44-37-12-3-28(23-39(37)45-41(35)48)14-19-50-33-9-5-31(6-10-33)46-16-20-49-21-17-46/h1-13,15,23-24,26-27,44H,14,16-22H2,(H,45,48). The Morgan fingerprint density at radius 3 is 2.39 bits per heavy atom. The minimum Gasteiger partial charge on any atom is -0.493 e. The molecule has 0 bridgehead atoms. The highest BCUT2D eigenvalue weighted by molar-refractivity contribution is 6.13. The third-order valence-electron chi connectivity index (χ3n) is 9.32. The van der Waals surface area contributed by atoms with E-state index >= 15 is 0 Å². The number of carbonyl (C=O) groups is 1. The molecule has 254 valence electrons. The Morgan fingerprint density at radius 1 is 0.804 bits per heavy atom. The number of morpholine rings is 1. The molecule has 0 spiro atoms. The predicted octanol–water partition coefficient (Wildman–Crippen LogP) is 7.42. The van der Waals surface area contributed by atoms with E-state index in [0.29, 0.717) is 43.1 Å². The van der Waals surface area contributed by atoms with Crippen molar-refractivity contribution in [1.29, 1.82) is 5.26 Å². The predicted molar refractivity (Wildman–Crippen MR) is 198 cm³/mol. The van der Waals surface area contributed by atoms with Gasteiger partial charge in [-0.15, -0.1) is 0 Å². The summed E-state index contributed by atoms with van der Waals surface area (Å²) in [5, 5.41) is 16.7. The molecule has 10 heteroatoms. The average Bonchev–Trinajstić information content (AvgIpc) is 3.48. The molecule has 1 saturated heterocycles. The Labute approximate surface area is 295 Å². The van der Waals surface area contributed by atoms with Gasteiger partial charge in [-0.2, -0.15) is 5.26 Å². The second-order valence-corrected chi connectivity index (χ2v) is 12.5. The van der Waals surface area contributed by atoms with E-state index in [-0.39, 0.29) is 5.91 Å². The van der Waals surface area contributed by atoms with E-state index in [0.717, 1.165) is 76.7 Å². The molecule has 51 heavy (non-hydrogen) atoms. The van der Waals surface area contributed by atoms with Gasteiger partial charge in [0.15, 0.2) is 0 Å². The van der Waals surface area contributed by atoms with E-state index in [1.54, 1.807) is 30.5 Å². The number of amides is 1.